The number of amides is 2. The van der Waals surface area contributed by atoms with Gasteiger partial charge < -0.3 is 0 Å². The van der Waals surface area contributed by atoms with E-state index < -0.39 is 0 Å². The fourth-order valence-corrected chi connectivity index (χ4v) is 3.78. The summed E-state index contributed by atoms with van der Waals surface area (Å²) in [6.45, 7) is 8.48. The van der Waals surface area contributed by atoms with E-state index in [1.165, 1.54) is 4.90 Å². The maximum atomic E-state index is 12.3. The Kier molecular flexibility index (Phi) is 5.41. The van der Waals surface area contributed by atoms with Crippen molar-refractivity contribution in [2.45, 2.75) is 59.8 Å². The zero-order valence-corrected chi connectivity index (χ0v) is 14.3. The number of hydrogen-bond donors (Lipinski definition) is 0. The highest BCUT2D eigenvalue weighted by molar-refractivity contribution is 6.03. The van der Waals surface area contributed by atoms with Crippen LogP contribution in [0, 0.1) is 29.6 Å². The van der Waals surface area contributed by atoms with Gasteiger partial charge >= 0.3 is 0 Å². The van der Waals surface area contributed by atoms with Crippen LogP contribution in [-0.2, 0) is 14.4 Å². The topological polar surface area (TPSA) is 54.5 Å². The van der Waals surface area contributed by atoms with Gasteiger partial charge in [-0.3, -0.25) is 19.3 Å². The fourth-order valence-electron chi connectivity index (χ4n) is 3.78. The van der Waals surface area contributed by atoms with Crippen LogP contribution in [0.3, 0.4) is 0 Å². The maximum Gasteiger partial charge on any atom is 0.233 e. The van der Waals surface area contributed by atoms with Gasteiger partial charge in [-0.25, -0.2) is 0 Å². The first-order chi connectivity index (χ1) is 10.3. The summed E-state index contributed by atoms with van der Waals surface area (Å²) in [6, 6.07) is 0. The quantitative estimate of drug-likeness (QED) is 0.734. The predicted molar refractivity (Wildman–Crippen MR) is 85.0 cm³/mol. The van der Waals surface area contributed by atoms with Crippen LogP contribution in [0.4, 0.5) is 0 Å². The summed E-state index contributed by atoms with van der Waals surface area (Å²) >= 11 is 0. The van der Waals surface area contributed by atoms with Gasteiger partial charge in [0, 0.05) is 30.7 Å². The molecule has 2 aliphatic rings. The molecule has 1 heterocycles. The zero-order valence-electron chi connectivity index (χ0n) is 14.3. The monoisotopic (exact) mass is 307 g/mol. The van der Waals surface area contributed by atoms with E-state index in [9.17, 15) is 14.4 Å². The second kappa shape index (κ2) is 6.93. The third kappa shape index (κ3) is 3.58. The van der Waals surface area contributed by atoms with Gasteiger partial charge in [0.25, 0.3) is 0 Å². The molecule has 2 fully saturated rings. The Labute approximate surface area is 133 Å². The minimum atomic E-state index is -0.133. The van der Waals surface area contributed by atoms with E-state index in [1.807, 2.05) is 27.7 Å². The molecule has 124 valence electrons. The van der Waals surface area contributed by atoms with Crippen molar-refractivity contribution in [3.05, 3.63) is 0 Å². The highest BCUT2D eigenvalue weighted by Crippen LogP contribution is 2.34. The highest BCUT2D eigenvalue weighted by atomic mass is 16.2. The van der Waals surface area contributed by atoms with Gasteiger partial charge in [-0.1, -0.05) is 27.7 Å². The Morgan fingerprint density at radius 1 is 1.09 bits per heavy atom. The van der Waals surface area contributed by atoms with Crippen LogP contribution in [0.2, 0.25) is 0 Å². The van der Waals surface area contributed by atoms with Crippen LogP contribution in [0.5, 0.6) is 0 Å². The number of carbonyl (C=O) groups excluding carboxylic acids is 3. The standard InChI is InChI=1S/C18H29NO3/c1-11(2)15-9-16(20)19(18(15)22)10-13-5-7-14(8-6-13)17(21)12(3)4/h11-15H,5-10H2,1-4H3/t13-,14+,15-/m1/s1. The van der Waals surface area contributed by atoms with Gasteiger partial charge in [0.05, 0.1) is 0 Å². The van der Waals surface area contributed by atoms with E-state index in [-0.39, 0.29) is 35.5 Å². The molecule has 0 aromatic heterocycles. The molecule has 1 aliphatic heterocycles. The van der Waals surface area contributed by atoms with Gasteiger partial charge in [0.2, 0.25) is 11.8 Å². The number of rotatable bonds is 5. The molecule has 1 aliphatic carbocycles. The Balaban J connectivity index is 1.87. The van der Waals surface area contributed by atoms with Crippen molar-refractivity contribution < 1.29 is 14.4 Å². The third-order valence-corrected chi connectivity index (χ3v) is 5.34. The van der Waals surface area contributed by atoms with Crippen molar-refractivity contribution in [3.63, 3.8) is 0 Å². The van der Waals surface area contributed by atoms with E-state index in [1.54, 1.807) is 0 Å². The van der Waals surface area contributed by atoms with E-state index in [0.29, 0.717) is 24.7 Å². The average molecular weight is 307 g/mol. The number of likely N-dealkylation sites (tertiary alicyclic amines) is 1. The Morgan fingerprint density at radius 2 is 1.68 bits per heavy atom. The lowest BCUT2D eigenvalue weighted by atomic mass is 9.77. The summed E-state index contributed by atoms with van der Waals surface area (Å²) in [6.07, 6.45) is 4.09. The Bertz CT molecular complexity index is 447. The van der Waals surface area contributed by atoms with E-state index in [2.05, 4.69) is 0 Å². The molecule has 0 radical (unpaired) electrons. The lowest BCUT2D eigenvalue weighted by Crippen LogP contribution is -2.37. The van der Waals surface area contributed by atoms with Gasteiger partial charge in [0.1, 0.15) is 5.78 Å². The molecule has 0 bridgehead atoms. The lowest BCUT2D eigenvalue weighted by Gasteiger charge is -2.30. The van der Waals surface area contributed by atoms with Gasteiger partial charge in [0.15, 0.2) is 0 Å². The normalized spacial score (nSPS) is 29.7. The van der Waals surface area contributed by atoms with Crippen LogP contribution in [-0.4, -0.2) is 29.0 Å². The first-order valence-corrected chi connectivity index (χ1v) is 8.69. The zero-order chi connectivity index (χ0) is 16.4. The number of Topliss-reactive ketones (excluding diaryl/α,β-unsaturated/α-hetero) is 1. The molecule has 0 N–H and O–H groups in total. The third-order valence-electron chi connectivity index (χ3n) is 5.34. The van der Waals surface area contributed by atoms with Crippen LogP contribution in [0.25, 0.3) is 0 Å². The second-order valence-corrected chi connectivity index (χ2v) is 7.67. The Morgan fingerprint density at radius 3 is 2.14 bits per heavy atom. The second-order valence-electron chi connectivity index (χ2n) is 7.67. The molecular weight excluding hydrogens is 278 g/mol. The van der Waals surface area contributed by atoms with Crippen molar-refractivity contribution in [1.29, 1.82) is 0 Å². The summed E-state index contributed by atoms with van der Waals surface area (Å²) in [5, 5.41) is 0. The van der Waals surface area contributed by atoms with E-state index in [0.717, 1.165) is 25.7 Å². The predicted octanol–water partition coefficient (Wildman–Crippen LogP) is 3.05. The van der Waals surface area contributed by atoms with Crippen molar-refractivity contribution in [3.8, 4) is 0 Å². The average Bonchev–Trinajstić information content (AvgIpc) is 2.75. The molecule has 0 spiro atoms. The molecule has 4 heteroatoms. The molecule has 1 atom stereocenters. The number of imide groups is 1. The smallest absolute Gasteiger partial charge is 0.233 e. The summed E-state index contributed by atoms with van der Waals surface area (Å²) in [5.74, 6) is 1.12. The fraction of sp³-hybridized carbons (Fsp3) is 0.833. The SMILES string of the molecule is CC(C)C(=O)[C@H]1CC[C@@H](CN2C(=O)C[C@H](C(C)C)C2=O)CC1. The molecule has 2 amide bonds. The molecule has 0 aromatic rings. The summed E-state index contributed by atoms with van der Waals surface area (Å²) < 4.78 is 0. The summed E-state index contributed by atoms with van der Waals surface area (Å²) in [4.78, 5) is 38.0. The van der Waals surface area contributed by atoms with Gasteiger partial charge in [-0.2, -0.15) is 0 Å². The molecule has 0 unspecified atom stereocenters. The molecule has 22 heavy (non-hydrogen) atoms. The van der Waals surface area contributed by atoms with Crippen molar-refractivity contribution >= 4 is 17.6 Å². The minimum Gasteiger partial charge on any atom is -0.299 e. The lowest BCUT2D eigenvalue weighted by molar-refractivity contribution is -0.141. The highest BCUT2D eigenvalue weighted by Gasteiger charge is 2.41. The van der Waals surface area contributed by atoms with Crippen LogP contribution in [0.15, 0.2) is 0 Å². The van der Waals surface area contributed by atoms with Crippen LogP contribution >= 0.6 is 0 Å². The molecule has 4 nitrogen and oxygen atoms in total. The summed E-state index contributed by atoms with van der Waals surface area (Å²) in [5.41, 5.74) is 0. The van der Waals surface area contributed by atoms with Crippen LogP contribution in [0.1, 0.15) is 59.8 Å². The molecular formula is C18H29NO3. The number of ketones is 1. The van der Waals surface area contributed by atoms with E-state index in [4.69, 9.17) is 0 Å². The molecule has 0 aromatic carbocycles. The van der Waals surface area contributed by atoms with Crippen molar-refractivity contribution in [2.75, 3.05) is 6.54 Å². The molecule has 2 rings (SSSR count). The van der Waals surface area contributed by atoms with Crippen molar-refractivity contribution in [2.24, 2.45) is 29.6 Å². The van der Waals surface area contributed by atoms with E-state index >= 15 is 0 Å². The largest absolute Gasteiger partial charge is 0.299 e. The van der Waals surface area contributed by atoms with Crippen LogP contribution < -0.4 is 0 Å². The first kappa shape index (κ1) is 17.2. The molecule has 1 saturated carbocycles. The molecule has 1 saturated heterocycles. The first-order valence-electron chi connectivity index (χ1n) is 8.69. The maximum absolute atomic E-state index is 12.3. The Hall–Kier alpha value is -1.19. The number of hydrogen-bond acceptors (Lipinski definition) is 3. The minimum absolute atomic E-state index is 0.0101. The van der Waals surface area contributed by atoms with Gasteiger partial charge in [-0.05, 0) is 37.5 Å². The number of carbonyl (C=O) groups is 3. The summed E-state index contributed by atoms with van der Waals surface area (Å²) in [7, 11) is 0. The number of nitrogens with zero attached hydrogens (tertiary/aromatic N) is 1. The van der Waals surface area contributed by atoms with Gasteiger partial charge in [-0.15, -0.1) is 0 Å². The van der Waals surface area contributed by atoms with Crippen molar-refractivity contribution in [1.82, 2.24) is 4.90 Å².